The average Bonchev–Trinajstić information content (AvgIpc) is 2.43. The number of hydrogen-bond donors (Lipinski definition) is 1. The molecule has 2 rings (SSSR count). The van der Waals surface area contributed by atoms with E-state index in [2.05, 4.69) is 5.32 Å². The second-order valence-electron chi connectivity index (χ2n) is 4.88. The molecule has 1 N–H and O–H groups in total. The number of amides is 1. The predicted molar refractivity (Wildman–Crippen MR) is 76.0 cm³/mol. The van der Waals surface area contributed by atoms with E-state index in [0.29, 0.717) is 13.1 Å². The van der Waals surface area contributed by atoms with Gasteiger partial charge in [-0.1, -0.05) is 0 Å². The maximum absolute atomic E-state index is 13.5. The normalized spacial score (nSPS) is 18.6. The third-order valence-corrected chi connectivity index (χ3v) is 3.53. The van der Waals surface area contributed by atoms with Crippen molar-refractivity contribution in [2.75, 3.05) is 20.1 Å². The number of carbonyl (C=O) groups is 1. The Bertz CT molecular complexity index is 470. The van der Waals surface area contributed by atoms with Crippen LogP contribution in [0.1, 0.15) is 18.4 Å². The predicted octanol–water partition coefficient (Wildman–Crippen LogP) is 2.14. The highest BCUT2D eigenvalue weighted by Crippen LogP contribution is 2.15. The van der Waals surface area contributed by atoms with Gasteiger partial charge in [-0.05, 0) is 38.1 Å². The summed E-state index contributed by atoms with van der Waals surface area (Å²) in [5.74, 6) is -1.20. The van der Waals surface area contributed by atoms with Crippen LogP contribution in [0.4, 0.5) is 8.78 Å². The molecule has 6 heteroatoms. The van der Waals surface area contributed by atoms with E-state index >= 15 is 0 Å². The molecule has 3 nitrogen and oxygen atoms in total. The van der Waals surface area contributed by atoms with E-state index in [1.54, 1.807) is 4.90 Å². The molecule has 1 aliphatic heterocycles. The van der Waals surface area contributed by atoms with Crippen molar-refractivity contribution in [1.82, 2.24) is 10.2 Å². The number of nitrogens with one attached hydrogen (secondary N) is 1. The van der Waals surface area contributed by atoms with Crippen molar-refractivity contribution < 1.29 is 13.6 Å². The van der Waals surface area contributed by atoms with E-state index in [-0.39, 0.29) is 36.3 Å². The summed E-state index contributed by atoms with van der Waals surface area (Å²) in [5.41, 5.74) is 0.122. The Morgan fingerprint density at radius 3 is 2.90 bits per heavy atom. The fraction of sp³-hybridized carbons (Fsp3) is 0.500. The summed E-state index contributed by atoms with van der Waals surface area (Å²) in [4.78, 5) is 13.8. The van der Waals surface area contributed by atoms with Crippen molar-refractivity contribution in [1.29, 1.82) is 0 Å². The molecule has 1 amide bonds. The molecule has 0 spiro atoms. The van der Waals surface area contributed by atoms with Gasteiger partial charge in [-0.25, -0.2) is 8.78 Å². The van der Waals surface area contributed by atoms with Gasteiger partial charge in [0.05, 0.1) is 6.42 Å². The Hall–Kier alpha value is -1.20. The first-order valence-corrected chi connectivity index (χ1v) is 6.49. The lowest BCUT2D eigenvalue weighted by Gasteiger charge is -2.32. The van der Waals surface area contributed by atoms with Gasteiger partial charge in [0, 0.05) is 24.7 Å². The molecule has 1 unspecified atom stereocenters. The quantitative estimate of drug-likeness (QED) is 0.928. The van der Waals surface area contributed by atoms with Crippen LogP contribution < -0.4 is 5.32 Å². The second-order valence-corrected chi connectivity index (χ2v) is 4.88. The van der Waals surface area contributed by atoms with Crippen LogP contribution in [0.25, 0.3) is 0 Å². The monoisotopic (exact) mass is 304 g/mol. The maximum atomic E-state index is 13.5. The SMILES string of the molecule is CNC1CCCN(C(=O)Cc2cc(F)ccc2F)C1.Cl. The molecule has 112 valence electrons. The Balaban J connectivity index is 0.00000200. The number of halogens is 3. The molecule has 1 heterocycles. The number of nitrogens with zero attached hydrogens (tertiary/aromatic N) is 1. The van der Waals surface area contributed by atoms with Crippen LogP contribution in [0, 0.1) is 11.6 Å². The van der Waals surface area contributed by atoms with Crippen LogP contribution in [-0.4, -0.2) is 37.0 Å². The van der Waals surface area contributed by atoms with Gasteiger partial charge in [0.2, 0.25) is 5.91 Å². The number of likely N-dealkylation sites (N-methyl/N-ethyl adjacent to an activating group) is 1. The van der Waals surface area contributed by atoms with Gasteiger partial charge < -0.3 is 10.2 Å². The molecule has 0 radical (unpaired) electrons. The topological polar surface area (TPSA) is 32.3 Å². The van der Waals surface area contributed by atoms with Crippen LogP contribution in [0.5, 0.6) is 0 Å². The molecule has 1 atom stereocenters. The van der Waals surface area contributed by atoms with Crippen LogP contribution in [0.2, 0.25) is 0 Å². The second kappa shape index (κ2) is 7.55. The number of benzene rings is 1. The minimum atomic E-state index is -0.531. The summed E-state index contributed by atoms with van der Waals surface area (Å²) in [7, 11) is 1.87. The number of rotatable bonds is 3. The van der Waals surface area contributed by atoms with E-state index in [4.69, 9.17) is 0 Å². The smallest absolute Gasteiger partial charge is 0.227 e. The molecule has 0 aliphatic carbocycles. The molecule has 1 fully saturated rings. The van der Waals surface area contributed by atoms with Crippen molar-refractivity contribution in [2.45, 2.75) is 25.3 Å². The summed E-state index contributed by atoms with van der Waals surface area (Å²) in [6.45, 7) is 1.32. The van der Waals surface area contributed by atoms with Crippen molar-refractivity contribution in [3.63, 3.8) is 0 Å². The Labute approximate surface area is 123 Å². The van der Waals surface area contributed by atoms with E-state index in [1.807, 2.05) is 7.05 Å². The summed E-state index contributed by atoms with van der Waals surface area (Å²) in [6, 6.07) is 3.49. The van der Waals surface area contributed by atoms with E-state index in [0.717, 1.165) is 31.0 Å². The Morgan fingerprint density at radius 1 is 1.45 bits per heavy atom. The van der Waals surface area contributed by atoms with Gasteiger partial charge in [0.15, 0.2) is 0 Å². The highest BCUT2D eigenvalue weighted by atomic mass is 35.5. The van der Waals surface area contributed by atoms with Crippen molar-refractivity contribution in [2.24, 2.45) is 0 Å². The van der Waals surface area contributed by atoms with E-state index in [1.165, 1.54) is 0 Å². The molecule has 0 saturated carbocycles. The summed E-state index contributed by atoms with van der Waals surface area (Å²) in [5, 5.41) is 3.15. The van der Waals surface area contributed by atoms with E-state index in [9.17, 15) is 13.6 Å². The minimum absolute atomic E-state index is 0. The average molecular weight is 305 g/mol. The van der Waals surface area contributed by atoms with Gasteiger partial charge in [0.1, 0.15) is 11.6 Å². The van der Waals surface area contributed by atoms with Gasteiger partial charge in [-0.2, -0.15) is 0 Å². The summed E-state index contributed by atoms with van der Waals surface area (Å²) in [6.07, 6.45) is 1.89. The van der Waals surface area contributed by atoms with Gasteiger partial charge in [-0.15, -0.1) is 12.4 Å². The highest BCUT2D eigenvalue weighted by Gasteiger charge is 2.23. The van der Waals surface area contributed by atoms with E-state index < -0.39 is 11.6 Å². The molecule has 0 bridgehead atoms. The van der Waals surface area contributed by atoms with Crippen LogP contribution in [0.15, 0.2) is 18.2 Å². The molecule has 20 heavy (non-hydrogen) atoms. The molecule has 0 aromatic heterocycles. The fourth-order valence-electron chi connectivity index (χ4n) is 2.39. The lowest BCUT2D eigenvalue weighted by atomic mass is 10.0. The van der Waals surface area contributed by atoms with Gasteiger partial charge in [-0.3, -0.25) is 4.79 Å². The zero-order valence-corrected chi connectivity index (χ0v) is 12.2. The molecule has 1 aliphatic rings. The summed E-state index contributed by atoms with van der Waals surface area (Å²) >= 11 is 0. The lowest BCUT2D eigenvalue weighted by Crippen LogP contribution is -2.47. The highest BCUT2D eigenvalue weighted by molar-refractivity contribution is 5.85. The number of carbonyl (C=O) groups excluding carboxylic acids is 1. The standard InChI is InChI=1S/C14H18F2N2O.ClH/c1-17-12-3-2-6-18(9-12)14(19)8-10-7-11(15)4-5-13(10)16;/h4-5,7,12,17H,2-3,6,8-9H2,1H3;1H. The first kappa shape index (κ1) is 16.9. The Kier molecular flexibility index (Phi) is 6.36. The molecule has 1 saturated heterocycles. The van der Waals surface area contributed by atoms with Gasteiger partial charge in [0.25, 0.3) is 0 Å². The summed E-state index contributed by atoms with van der Waals surface area (Å²) < 4.78 is 26.5. The zero-order chi connectivity index (χ0) is 13.8. The first-order valence-electron chi connectivity index (χ1n) is 6.49. The maximum Gasteiger partial charge on any atom is 0.227 e. The molecule has 1 aromatic rings. The van der Waals surface area contributed by atoms with Crippen molar-refractivity contribution in [3.05, 3.63) is 35.4 Å². The van der Waals surface area contributed by atoms with Crippen LogP contribution in [0.3, 0.4) is 0 Å². The van der Waals surface area contributed by atoms with Crippen LogP contribution in [-0.2, 0) is 11.2 Å². The van der Waals surface area contributed by atoms with Gasteiger partial charge >= 0.3 is 0 Å². The largest absolute Gasteiger partial charge is 0.341 e. The number of hydrogen-bond acceptors (Lipinski definition) is 2. The van der Waals surface area contributed by atoms with Crippen molar-refractivity contribution >= 4 is 18.3 Å². The lowest BCUT2D eigenvalue weighted by molar-refractivity contribution is -0.131. The Morgan fingerprint density at radius 2 is 2.20 bits per heavy atom. The minimum Gasteiger partial charge on any atom is -0.341 e. The van der Waals surface area contributed by atoms with Crippen molar-refractivity contribution in [3.8, 4) is 0 Å². The molecular formula is C14H19ClF2N2O. The third kappa shape index (κ3) is 4.15. The third-order valence-electron chi connectivity index (χ3n) is 3.53. The van der Waals surface area contributed by atoms with Crippen LogP contribution >= 0.6 is 12.4 Å². The first-order chi connectivity index (χ1) is 9.10. The zero-order valence-electron chi connectivity index (χ0n) is 11.4. The number of piperidine rings is 1. The molecule has 1 aromatic carbocycles. The number of likely N-dealkylation sites (tertiary alicyclic amines) is 1. The molecular weight excluding hydrogens is 286 g/mol. The fourth-order valence-corrected chi connectivity index (χ4v) is 2.39.